The van der Waals surface area contributed by atoms with Crippen LogP contribution in [0, 0.1) is 0 Å². The Morgan fingerprint density at radius 1 is 0.897 bits per heavy atom. The van der Waals surface area contributed by atoms with Gasteiger partial charge in [0.2, 0.25) is 0 Å². The van der Waals surface area contributed by atoms with Crippen LogP contribution in [0.15, 0.2) is 77.3 Å². The van der Waals surface area contributed by atoms with E-state index < -0.39 is 18.0 Å². The molecule has 0 aliphatic carbocycles. The molecule has 0 bridgehead atoms. The second-order valence-electron chi connectivity index (χ2n) is 6.20. The Bertz CT molecular complexity index is 1000. The van der Waals surface area contributed by atoms with E-state index in [9.17, 15) is 9.59 Å². The van der Waals surface area contributed by atoms with Crippen molar-refractivity contribution < 1.29 is 23.8 Å². The summed E-state index contributed by atoms with van der Waals surface area (Å²) in [4.78, 5) is 24.4. The van der Waals surface area contributed by atoms with E-state index in [-0.39, 0.29) is 11.3 Å². The van der Waals surface area contributed by atoms with Gasteiger partial charge in [0, 0.05) is 4.47 Å². The number of carbonyl (C=O) groups excluding carboxylic acids is 2. The number of hydrogen-bond acceptors (Lipinski definition) is 5. The lowest BCUT2D eigenvalue weighted by molar-refractivity contribution is -0.141. The molecule has 0 spiro atoms. The monoisotopic (exact) mass is 454 g/mol. The lowest BCUT2D eigenvalue weighted by atomic mass is 10.1. The quantitative estimate of drug-likeness (QED) is 0.374. The van der Waals surface area contributed by atoms with E-state index in [2.05, 4.69) is 15.9 Å². The summed E-state index contributed by atoms with van der Waals surface area (Å²) in [5, 5.41) is 0. The van der Waals surface area contributed by atoms with Crippen LogP contribution in [0.2, 0.25) is 0 Å². The van der Waals surface area contributed by atoms with Crippen molar-refractivity contribution in [2.24, 2.45) is 0 Å². The number of methoxy groups -OCH3 is 1. The molecule has 0 aliphatic rings. The third-order valence-electron chi connectivity index (χ3n) is 4.16. The number of benzene rings is 3. The molecule has 3 aromatic rings. The van der Waals surface area contributed by atoms with Crippen LogP contribution in [-0.2, 0) is 9.53 Å². The third kappa shape index (κ3) is 5.23. The lowest BCUT2D eigenvalue weighted by Crippen LogP contribution is -2.29. The topological polar surface area (TPSA) is 61.8 Å². The van der Waals surface area contributed by atoms with Crippen molar-refractivity contribution in [3.8, 4) is 22.6 Å². The summed E-state index contributed by atoms with van der Waals surface area (Å²) < 4.78 is 16.5. The first-order valence-corrected chi connectivity index (χ1v) is 9.69. The zero-order valence-corrected chi connectivity index (χ0v) is 17.5. The van der Waals surface area contributed by atoms with Crippen LogP contribution in [0.1, 0.15) is 17.3 Å². The number of esters is 2. The van der Waals surface area contributed by atoms with Gasteiger partial charge in [-0.05, 0) is 48.4 Å². The second-order valence-corrected chi connectivity index (χ2v) is 7.12. The molecule has 0 aromatic heterocycles. The molecule has 0 heterocycles. The molecule has 0 N–H and O–H groups in total. The van der Waals surface area contributed by atoms with Gasteiger partial charge in [-0.1, -0.05) is 58.4 Å². The average Bonchev–Trinajstić information content (AvgIpc) is 2.75. The van der Waals surface area contributed by atoms with Gasteiger partial charge in [0.1, 0.15) is 17.1 Å². The van der Waals surface area contributed by atoms with Gasteiger partial charge in [-0.2, -0.15) is 0 Å². The van der Waals surface area contributed by atoms with Crippen LogP contribution < -0.4 is 9.47 Å². The Labute approximate surface area is 177 Å². The fraction of sp³-hybridized carbons (Fsp3) is 0.130. The van der Waals surface area contributed by atoms with E-state index in [0.29, 0.717) is 10.2 Å². The molecule has 0 saturated heterocycles. The van der Waals surface area contributed by atoms with Gasteiger partial charge in [-0.25, -0.2) is 9.59 Å². The summed E-state index contributed by atoms with van der Waals surface area (Å²) in [5.41, 5.74) is 2.29. The molecule has 29 heavy (non-hydrogen) atoms. The van der Waals surface area contributed by atoms with Crippen molar-refractivity contribution in [2.75, 3.05) is 7.11 Å². The van der Waals surface area contributed by atoms with Gasteiger partial charge in [0.05, 0.1) is 7.11 Å². The highest BCUT2D eigenvalue weighted by Gasteiger charge is 2.21. The Morgan fingerprint density at radius 2 is 1.55 bits per heavy atom. The Morgan fingerprint density at radius 3 is 2.21 bits per heavy atom. The predicted octanol–water partition coefficient (Wildman–Crippen LogP) is 5.28. The van der Waals surface area contributed by atoms with Crippen molar-refractivity contribution in [2.45, 2.75) is 13.0 Å². The molecule has 6 heteroatoms. The van der Waals surface area contributed by atoms with Crippen LogP contribution >= 0.6 is 15.9 Å². The minimum absolute atomic E-state index is 0.111. The summed E-state index contributed by atoms with van der Waals surface area (Å²) in [5.74, 6) is -0.568. The van der Waals surface area contributed by atoms with E-state index in [0.717, 1.165) is 11.1 Å². The second kappa shape index (κ2) is 9.39. The highest BCUT2D eigenvalue weighted by molar-refractivity contribution is 9.10. The van der Waals surface area contributed by atoms with Crippen molar-refractivity contribution in [1.29, 1.82) is 0 Å². The number of halogens is 1. The maximum absolute atomic E-state index is 12.4. The van der Waals surface area contributed by atoms with E-state index in [1.807, 2.05) is 42.5 Å². The van der Waals surface area contributed by atoms with Crippen molar-refractivity contribution in [1.82, 2.24) is 0 Å². The van der Waals surface area contributed by atoms with E-state index in [4.69, 9.17) is 14.2 Å². The molecule has 0 amide bonds. The first-order chi connectivity index (χ1) is 14.0. The third-order valence-corrected chi connectivity index (χ3v) is 4.66. The highest BCUT2D eigenvalue weighted by Crippen LogP contribution is 2.26. The molecule has 0 fully saturated rings. The van der Waals surface area contributed by atoms with Gasteiger partial charge in [-0.3, -0.25) is 0 Å². The number of rotatable bonds is 6. The van der Waals surface area contributed by atoms with Gasteiger partial charge < -0.3 is 14.2 Å². The summed E-state index contributed by atoms with van der Waals surface area (Å²) in [7, 11) is 1.26. The molecule has 3 aromatic carbocycles. The molecule has 0 saturated carbocycles. The predicted molar refractivity (Wildman–Crippen MR) is 113 cm³/mol. The molecule has 5 nitrogen and oxygen atoms in total. The van der Waals surface area contributed by atoms with Crippen LogP contribution in [0.5, 0.6) is 11.5 Å². The molecule has 0 radical (unpaired) electrons. The van der Waals surface area contributed by atoms with Gasteiger partial charge in [-0.15, -0.1) is 0 Å². The van der Waals surface area contributed by atoms with Crippen LogP contribution in [-0.4, -0.2) is 25.2 Å². The summed E-state index contributed by atoms with van der Waals surface area (Å²) >= 11 is 3.28. The molecular formula is C23H19BrO5. The first kappa shape index (κ1) is 20.6. The standard InChI is InChI=1S/C23H19BrO5/c1-15(22(25)29-21-13-10-18(24)14-20(21)23(26)27-2)28-19-11-8-17(9-12-19)16-6-4-3-5-7-16/h3-15H,1-2H3. The van der Waals surface area contributed by atoms with Crippen LogP contribution in [0.3, 0.4) is 0 Å². The van der Waals surface area contributed by atoms with Crippen molar-refractivity contribution in [3.63, 3.8) is 0 Å². The zero-order valence-electron chi connectivity index (χ0n) is 15.9. The molecule has 0 aliphatic heterocycles. The van der Waals surface area contributed by atoms with Crippen LogP contribution in [0.25, 0.3) is 11.1 Å². The van der Waals surface area contributed by atoms with E-state index in [1.165, 1.54) is 19.2 Å². The lowest BCUT2D eigenvalue weighted by Gasteiger charge is -2.15. The van der Waals surface area contributed by atoms with Gasteiger partial charge in [0.25, 0.3) is 0 Å². The van der Waals surface area contributed by atoms with E-state index in [1.54, 1.807) is 25.1 Å². The Kier molecular flexibility index (Phi) is 6.67. The van der Waals surface area contributed by atoms with Gasteiger partial charge in [0.15, 0.2) is 6.10 Å². The molecule has 1 atom stereocenters. The van der Waals surface area contributed by atoms with Crippen LogP contribution in [0.4, 0.5) is 0 Å². The minimum Gasteiger partial charge on any atom is -0.479 e. The maximum Gasteiger partial charge on any atom is 0.352 e. The summed E-state index contributed by atoms with van der Waals surface area (Å²) in [6.07, 6.45) is -0.869. The van der Waals surface area contributed by atoms with E-state index >= 15 is 0 Å². The normalized spacial score (nSPS) is 11.4. The molecule has 3 rings (SSSR count). The highest BCUT2D eigenvalue weighted by atomic mass is 79.9. The van der Waals surface area contributed by atoms with Crippen molar-refractivity contribution >= 4 is 27.9 Å². The Hall–Kier alpha value is -3.12. The first-order valence-electron chi connectivity index (χ1n) is 8.89. The molecule has 148 valence electrons. The molecule has 1 unspecified atom stereocenters. The summed E-state index contributed by atoms with van der Waals surface area (Å²) in [6.45, 7) is 1.59. The minimum atomic E-state index is -0.869. The fourth-order valence-electron chi connectivity index (χ4n) is 2.66. The largest absolute Gasteiger partial charge is 0.479 e. The van der Waals surface area contributed by atoms with Crippen molar-refractivity contribution in [3.05, 3.63) is 82.8 Å². The maximum atomic E-state index is 12.4. The smallest absolute Gasteiger partial charge is 0.352 e. The average molecular weight is 455 g/mol. The SMILES string of the molecule is COC(=O)c1cc(Br)ccc1OC(=O)C(C)Oc1ccc(-c2ccccc2)cc1. The zero-order chi connectivity index (χ0) is 20.8. The fourth-order valence-corrected chi connectivity index (χ4v) is 3.02. The Balaban J connectivity index is 1.68. The number of ether oxygens (including phenoxy) is 3. The number of carbonyl (C=O) groups is 2. The number of hydrogen-bond donors (Lipinski definition) is 0. The molecular weight excluding hydrogens is 436 g/mol. The summed E-state index contributed by atoms with van der Waals surface area (Å²) in [6, 6.07) is 22.1. The van der Waals surface area contributed by atoms with Gasteiger partial charge >= 0.3 is 11.9 Å².